The molecular formula is C23H28N2S. The molecule has 2 nitrogen and oxygen atoms in total. The summed E-state index contributed by atoms with van der Waals surface area (Å²) in [5.41, 5.74) is 3.72. The Morgan fingerprint density at radius 3 is 1.88 bits per heavy atom. The number of aryl methyl sites for hydroxylation is 1. The highest BCUT2D eigenvalue weighted by atomic mass is 32.1. The molecular weight excluding hydrogens is 336 g/mol. The molecule has 3 heteroatoms. The van der Waals surface area contributed by atoms with Gasteiger partial charge in [0.15, 0.2) is 0 Å². The van der Waals surface area contributed by atoms with E-state index in [0.717, 1.165) is 21.1 Å². The van der Waals surface area contributed by atoms with Crippen molar-refractivity contribution in [3.63, 3.8) is 0 Å². The van der Waals surface area contributed by atoms with Crippen molar-refractivity contribution in [1.29, 1.82) is 0 Å². The first-order valence-electron chi connectivity index (χ1n) is 9.85. The van der Waals surface area contributed by atoms with Gasteiger partial charge in [-0.15, -0.1) is 10.2 Å². The highest BCUT2D eigenvalue weighted by Crippen LogP contribution is 2.29. The Morgan fingerprint density at radius 2 is 1.23 bits per heavy atom. The van der Waals surface area contributed by atoms with Gasteiger partial charge in [0.1, 0.15) is 10.0 Å². The first kappa shape index (κ1) is 18.8. The molecule has 0 saturated heterocycles. The summed E-state index contributed by atoms with van der Waals surface area (Å²) in [5, 5.41) is 10.7. The molecule has 0 saturated carbocycles. The smallest absolute Gasteiger partial charge is 0.138 e. The molecule has 0 unspecified atom stereocenters. The average Bonchev–Trinajstić information content (AvgIpc) is 3.19. The van der Waals surface area contributed by atoms with E-state index in [1.807, 2.05) is 18.2 Å². The first-order chi connectivity index (χ1) is 12.9. The van der Waals surface area contributed by atoms with Crippen molar-refractivity contribution in [3.8, 4) is 21.1 Å². The summed E-state index contributed by atoms with van der Waals surface area (Å²) < 4.78 is 0. The van der Waals surface area contributed by atoms with Gasteiger partial charge in [-0.1, -0.05) is 111 Å². The molecule has 0 bridgehead atoms. The minimum Gasteiger partial charge on any atom is -0.138 e. The van der Waals surface area contributed by atoms with Gasteiger partial charge >= 0.3 is 0 Å². The molecule has 0 atom stereocenters. The Balaban J connectivity index is 1.49. The van der Waals surface area contributed by atoms with Crippen LogP contribution < -0.4 is 0 Å². The van der Waals surface area contributed by atoms with Crippen molar-refractivity contribution in [3.05, 3.63) is 60.2 Å². The van der Waals surface area contributed by atoms with Gasteiger partial charge in [-0.05, 0) is 18.4 Å². The van der Waals surface area contributed by atoms with Crippen LogP contribution in [-0.4, -0.2) is 10.2 Å². The van der Waals surface area contributed by atoms with Gasteiger partial charge in [-0.25, -0.2) is 0 Å². The second-order valence-corrected chi connectivity index (χ2v) is 7.82. The van der Waals surface area contributed by atoms with Crippen LogP contribution >= 0.6 is 11.3 Å². The quantitative estimate of drug-likeness (QED) is 0.356. The molecule has 0 N–H and O–H groups in total. The van der Waals surface area contributed by atoms with E-state index in [0.29, 0.717) is 0 Å². The molecule has 0 aliphatic heterocycles. The highest BCUT2D eigenvalue weighted by Gasteiger charge is 2.08. The van der Waals surface area contributed by atoms with Gasteiger partial charge in [0.05, 0.1) is 0 Å². The lowest BCUT2D eigenvalue weighted by Gasteiger charge is -2.03. The van der Waals surface area contributed by atoms with Crippen LogP contribution in [0.2, 0.25) is 0 Å². The maximum absolute atomic E-state index is 4.37. The van der Waals surface area contributed by atoms with Crippen LogP contribution in [0.4, 0.5) is 0 Å². The number of hydrogen-bond acceptors (Lipinski definition) is 3. The van der Waals surface area contributed by atoms with Crippen LogP contribution in [0.15, 0.2) is 54.6 Å². The van der Waals surface area contributed by atoms with Crippen molar-refractivity contribution >= 4 is 11.3 Å². The molecule has 3 rings (SSSR count). The molecule has 1 aromatic heterocycles. The maximum atomic E-state index is 4.37. The monoisotopic (exact) mass is 364 g/mol. The Hall–Kier alpha value is -2.00. The van der Waals surface area contributed by atoms with Gasteiger partial charge in [-0.3, -0.25) is 0 Å². The maximum Gasteiger partial charge on any atom is 0.148 e. The predicted octanol–water partition coefficient (Wildman–Crippen LogP) is 7.17. The first-order valence-corrected chi connectivity index (χ1v) is 10.7. The van der Waals surface area contributed by atoms with Gasteiger partial charge < -0.3 is 0 Å². The average molecular weight is 365 g/mol. The largest absolute Gasteiger partial charge is 0.148 e. The topological polar surface area (TPSA) is 25.8 Å². The van der Waals surface area contributed by atoms with Gasteiger partial charge in [0.25, 0.3) is 0 Å². The van der Waals surface area contributed by atoms with Crippen LogP contribution in [-0.2, 0) is 6.42 Å². The zero-order chi connectivity index (χ0) is 18.0. The molecule has 0 aliphatic rings. The predicted molar refractivity (Wildman–Crippen MR) is 112 cm³/mol. The van der Waals surface area contributed by atoms with Crippen molar-refractivity contribution in [1.82, 2.24) is 10.2 Å². The van der Waals surface area contributed by atoms with Crippen LogP contribution in [0.25, 0.3) is 21.1 Å². The highest BCUT2D eigenvalue weighted by molar-refractivity contribution is 7.17. The third-order valence-electron chi connectivity index (χ3n) is 4.72. The number of nitrogens with zero attached hydrogens (tertiary/aromatic N) is 2. The van der Waals surface area contributed by atoms with Crippen molar-refractivity contribution in [2.24, 2.45) is 0 Å². The van der Waals surface area contributed by atoms with Crippen LogP contribution in [0, 0.1) is 0 Å². The van der Waals surface area contributed by atoms with Crippen molar-refractivity contribution < 1.29 is 0 Å². The Labute approximate surface area is 161 Å². The SMILES string of the molecule is CCCCCCCCCc1ccc(-c2nnc(-c3ccccc3)s2)cc1. The molecule has 136 valence electrons. The summed E-state index contributed by atoms with van der Waals surface area (Å²) in [4.78, 5) is 0. The third-order valence-corrected chi connectivity index (χ3v) is 5.74. The second-order valence-electron chi connectivity index (χ2n) is 6.85. The van der Waals surface area contributed by atoms with E-state index in [4.69, 9.17) is 0 Å². The Bertz CT molecular complexity index is 762. The molecule has 0 fully saturated rings. The standard InChI is InChI=1S/C23H28N2S/c1-2-3-4-5-6-7-9-12-19-15-17-21(18-16-19)23-25-24-22(26-23)20-13-10-8-11-14-20/h8,10-11,13-18H,2-7,9,12H2,1H3. The summed E-state index contributed by atoms with van der Waals surface area (Å²) in [5.74, 6) is 0. The zero-order valence-electron chi connectivity index (χ0n) is 15.7. The molecule has 26 heavy (non-hydrogen) atoms. The molecule has 3 aromatic rings. The zero-order valence-corrected chi connectivity index (χ0v) is 16.5. The summed E-state index contributed by atoms with van der Waals surface area (Å²) in [7, 11) is 0. The molecule has 0 spiro atoms. The molecule has 0 amide bonds. The summed E-state index contributed by atoms with van der Waals surface area (Å²) in [6.45, 7) is 2.27. The molecule has 0 aliphatic carbocycles. The van der Waals surface area contributed by atoms with E-state index in [2.05, 4.69) is 53.5 Å². The van der Waals surface area contributed by atoms with Gasteiger partial charge in [-0.2, -0.15) is 0 Å². The van der Waals surface area contributed by atoms with E-state index in [-0.39, 0.29) is 0 Å². The number of rotatable bonds is 10. The van der Waals surface area contributed by atoms with Gasteiger partial charge in [0, 0.05) is 11.1 Å². The van der Waals surface area contributed by atoms with Crippen LogP contribution in [0.5, 0.6) is 0 Å². The minimum atomic E-state index is 0.979. The van der Waals surface area contributed by atoms with E-state index < -0.39 is 0 Å². The lowest BCUT2D eigenvalue weighted by molar-refractivity contribution is 0.589. The minimum absolute atomic E-state index is 0.979. The van der Waals surface area contributed by atoms with Crippen LogP contribution in [0.3, 0.4) is 0 Å². The summed E-state index contributed by atoms with van der Waals surface area (Å²) >= 11 is 1.65. The third kappa shape index (κ3) is 5.50. The summed E-state index contributed by atoms with van der Waals surface area (Å²) in [6, 6.07) is 19.1. The number of hydrogen-bond donors (Lipinski definition) is 0. The fourth-order valence-corrected chi connectivity index (χ4v) is 3.99. The molecule has 2 aromatic carbocycles. The van der Waals surface area contributed by atoms with E-state index in [1.54, 1.807) is 11.3 Å². The lowest BCUT2D eigenvalue weighted by Crippen LogP contribution is -1.87. The summed E-state index contributed by atoms with van der Waals surface area (Å²) in [6.07, 6.45) is 10.7. The van der Waals surface area contributed by atoms with Crippen molar-refractivity contribution in [2.45, 2.75) is 58.3 Å². The van der Waals surface area contributed by atoms with Crippen molar-refractivity contribution in [2.75, 3.05) is 0 Å². The Kier molecular flexibility index (Phi) is 7.38. The number of benzene rings is 2. The lowest BCUT2D eigenvalue weighted by atomic mass is 10.0. The second kappa shape index (κ2) is 10.2. The molecule has 1 heterocycles. The fourth-order valence-electron chi connectivity index (χ4n) is 3.14. The molecule has 0 radical (unpaired) electrons. The number of unbranched alkanes of at least 4 members (excludes halogenated alkanes) is 6. The van der Waals surface area contributed by atoms with Crippen LogP contribution in [0.1, 0.15) is 57.4 Å². The normalized spacial score (nSPS) is 11.0. The van der Waals surface area contributed by atoms with E-state index >= 15 is 0 Å². The van der Waals surface area contributed by atoms with E-state index in [1.165, 1.54) is 56.9 Å². The van der Waals surface area contributed by atoms with Gasteiger partial charge in [0.2, 0.25) is 0 Å². The number of aromatic nitrogens is 2. The fraction of sp³-hybridized carbons (Fsp3) is 0.391. The van der Waals surface area contributed by atoms with E-state index in [9.17, 15) is 0 Å². The Morgan fingerprint density at radius 1 is 0.654 bits per heavy atom.